The van der Waals surface area contributed by atoms with Crippen molar-refractivity contribution in [3.8, 4) is 0 Å². The van der Waals surface area contributed by atoms with Crippen LogP contribution in [0, 0.1) is 6.92 Å². The van der Waals surface area contributed by atoms with Gasteiger partial charge in [-0.2, -0.15) is 0 Å². The van der Waals surface area contributed by atoms with Crippen molar-refractivity contribution < 1.29 is 4.79 Å². The number of anilines is 1. The Balaban J connectivity index is 0.00000128. The number of carbonyl (C=O) groups is 1. The number of aromatic nitrogens is 1. The monoisotopic (exact) mass is 261 g/mol. The summed E-state index contributed by atoms with van der Waals surface area (Å²) in [5, 5.41) is 8.76. The molecular weight excluding hydrogens is 246 g/mol. The van der Waals surface area contributed by atoms with Gasteiger partial charge in [0, 0.05) is 17.8 Å². The number of hydrogen-bond acceptors (Lipinski definition) is 4. The third-order valence-electron chi connectivity index (χ3n) is 2.46. The number of hydrogen-bond donors (Lipinski definition) is 2. The highest BCUT2D eigenvalue weighted by molar-refractivity contribution is 7.13. The van der Waals surface area contributed by atoms with E-state index in [1.54, 1.807) is 0 Å². The van der Waals surface area contributed by atoms with E-state index >= 15 is 0 Å². The van der Waals surface area contributed by atoms with E-state index in [-0.39, 0.29) is 18.3 Å². The minimum Gasteiger partial charge on any atom is -0.313 e. The Bertz CT molecular complexity index is 350. The van der Waals surface area contributed by atoms with Crippen LogP contribution in [0.1, 0.15) is 25.0 Å². The summed E-state index contributed by atoms with van der Waals surface area (Å²) in [7, 11) is 0. The lowest BCUT2D eigenvalue weighted by Crippen LogP contribution is -2.27. The first kappa shape index (κ1) is 13.4. The van der Waals surface area contributed by atoms with E-state index < -0.39 is 0 Å². The molecule has 1 saturated heterocycles. The summed E-state index contributed by atoms with van der Waals surface area (Å²) in [5.41, 5.74) is 0.953. The summed E-state index contributed by atoms with van der Waals surface area (Å²) in [6.45, 7) is 2.96. The van der Waals surface area contributed by atoms with Gasteiger partial charge < -0.3 is 10.6 Å². The molecule has 16 heavy (non-hydrogen) atoms. The van der Waals surface area contributed by atoms with Gasteiger partial charge in [0.05, 0.1) is 5.69 Å². The molecule has 0 saturated carbocycles. The molecule has 0 aromatic carbocycles. The molecule has 2 N–H and O–H groups in total. The van der Waals surface area contributed by atoms with Crippen molar-refractivity contribution >= 4 is 34.8 Å². The predicted octanol–water partition coefficient (Wildman–Crippen LogP) is 1.95. The van der Waals surface area contributed by atoms with Gasteiger partial charge in [0.1, 0.15) is 0 Å². The molecule has 1 aliphatic heterocycles. The fourth-order valence-electron chi connectivity index (χ4n) is 1.74. The van der Waals surface area contributed by atoms with Crippen molar-refractivity contribution in [3.05, 3.63) is 11.1 Å². The highest BCUT2D eigenvalue weighted by Crippen LogP contribution is 2.15. The number of halogens is 1. The number of carbonyl (C=O) groups excluding carboxylic acids is 1. The van der Waals surface area contributed by atoms with E-state index in [4.69, 9.17) is 0 Å². The van der Waals surface area contributed by atoms with E-state index in [0.717, 1.165) is 18.7 Å². The molecule has 0 spiro atoms. The Hall–Kier alpha value is -0.650. The minimum atomic E-state index is 0. The lowest BCUT2D eigenvalue weighted by Gasteiger charge is -2.08. The van der Waals surface area contributed by atoms with Crippen molar-refractivity contribution in [2.75, 3.05) is 11.9 Å². The lowest BCUT2D eigenvalue weighted by molar-refractivity contribution is -0.116. The second-order valence-corrected chi connectivity index (χ2v) is 4.70. The van der Waals surface area contributed by atoms with Gasteiger partial charge in [0.15, 0.2) is 5.13 Å². The molecule has 6 heteroatoms. The van der Waals surface area contributed by atoms with Crippen LogP contribution in [0.4, 0.5) is 5.13 Å². The molecule has 2 heterocycles. The van der Waals surface area contributed by atoms with E-state index in [0.29, 0.717) is 17.6 Å². The van der Waals surface area contributed by atoms with Crippen molar-refractivity contribution in [1.29, 1.82) is 0 Å². The van der Waals surface area contributed by atoms with E-state index in [2.05, 4.69) is 15.6 Å². The van der Waals surface area contributed by atoms with Gasteiger partial charge in [-0.15, -0.1) is 23.7 Å². The molecule has 1 fully saturated rings. The Morgan fingerprint density at radius 2 is 2.56 bits per heavy atom. The number of aryl methyl sites for hydroxylation is 1. The molecular formula is C10H16ClN3OS. The highest BCUT2D eigenvalue weighted by atomic mass is 35.5. The second kappa shape index (κ2) is 6.18. The summed E-state index contributed by atoms with van der Waals surface area (Å²) in [6.07, 6.45) is 2.83. The number of thiazole rings is 1. The molecule has 1 amide bonds. The van der Waals surface area contributed by atoms with E-state index in [9.17, 15) is 4.79 Å². The van der Waals surface area contributed by atoms with Crippen molar-refractivity contribution in [3.63, 3.8) is 0 Å². The smallest absolute Gasteiger partial charge is 0.227 e. The van der Waals surface area contributed by atoms with Gasteiger partial charge in [0.2, 0.25) is 5.91 Å². The summed E-state index contributed by atoms with van der Waals surface area (Å²) in [5.74, 6) is 0.0590. The molecule has 0 bridgehead atoms. The molecule has 1 atom stereocenters. The van der Waals surface area contributed by atoms with Crippen LogP contribution in [0.3, 0.4) is 0 Å². The molecule has 1 aromatic heterocycles. The Morgan fingerprint density at radius 3 is 3.12 bits per heavy atom. The molecule has 1 unspecified atom stereocenters. The Labute approximate surface area is 105 Å². The minimum absolute atomic E-state index is 0. The topological polar surface area (TPSA) is 54.0 Å². The van der Waals surface area contributed by atoms with Gasteiger partial charge in [-0.3, -0.25) is 4.79 Å². The second-order valence-electron chi connectivity index (χ2n) is 3.84. The first-order chi connectivity index (χ1) is 7.24. The normalized spacial score (nSPS) is 19.2. The fraction of sp³-hybridized carbons (Fsp3) is 0.600. The molecule has 1 aliphatic rings. The zero-order valence-corrected chi connectivity index (χ0v) is 10.8. The fourth-order valence-corrected chi connectivity index (χ4v) is 2.44. The van der Waals surface area contributed by atoms with Crippen LogP contribution in [-0.2, 0) is 4.79 Å². The number of rotatable bonds is 3. The van der Waals surface area contributed by atoms with Gasteiger partial charge >= 0.3 is 0 Å². The van der Waals surface area contributed by atoms with E-state index in [1.807, 2.05) is 12.3 Å². The first-order valence-corrected chi connectivity index (χ1v) is 6.07. The van der Waals surface area contributed by atoms with Crippen LogP contribution in [0.5, 0.6) is 0 Å². The first-order valence-electron chi connectivity index (χ1n) is 5.19. The summed E-state index contributed by atoms with van der Waals surface area (Å²) < 4.78 is 0. The molecule has 0 aliphatic carbocycles. The van der Waals surface area contributed by atoms with E-state index in [1.165, 1.54) is 17.8 Å². The standard InChI is InChI=1S/C10H15N3OS.ClH/c1-7-6-15-10(12-7)13-9(14)5-8-3-2-4-11-8;/h6,8,11H,2-5H2,1H3,(H,12,13,14);1H. The zero-order valence-electron chi connectivity index (χ0n) is 9.16. The predicted molar refractivity (Wildman–Crippen MR) is 68.4 cm³/mol. The third-order valence-corrected chi connectivity index (χ3v) is 3.34. The maximum absolute atomic E-state index is 11.6. The zero-order chi connectivity index (χ0) is 10.7. The molecule has 1 aromatic rings. The number of amides is 1. The molecule has 90 valence electrons. The van der Waals surface area contributed by atoms with Crippen molar-refractivity contribution in [1.82, 2.24) is 10.3 Å². The maximum Gasteiger partial charge on any atom is 0.227 e. The van der Waals surface area contributed by atoms with Crippen molar-refractivity contribution in [2.45, 2.75) is 32.2 Å². The SMILES string of the molecule is Cc1csc(NC(=O)CC2CCCN2)n1.Cl. The summed E-state index contributed by atoms with van der Waals surface area (Å²) >= 11 is 1.47. The van der Waals surface area contributed by atoms with Crippen LogP contribution < -0.4 is 10.6 Å². The van der Waals surface area contributed by atoms with Crippen LogP contribution in [0.15, 0.2) is 5.38 Å². The Morgan fingerprint density at radius 1 is 1.75 bits per heavy atom. The highest BCUT2D eigenvalue weighted by Gasteiger charge is 2.17. The van der Waals surface area contributed by atoms with Gasteiger partial charge in [-0.1, -0.05) is 0 Å². The summed E-state index contributed by atoms with van der Waals surface area (Å²) in [4.78, 5) is 15.8. The lowest BCUT2D eigenvalue weighted by atomic mass is 10.1. The molecule has 4 nitrogen and oxygen atoms in total. The largest absolute Gasteiger partial charge is 0.313 e. The quantitative estimate of drug-likeness (QED) is 0.875. The number of nitrogens with one attached hydrogen (secondary N) is 2. The van der Waals surface area contributed by atoms with Gasteiger partial charge in [-0.25, -0.2) is 4.98 Å². The average Bonchev–Trinajstić information content (AvgIpc) is 2.77. The Kier molecular flexibility index (Phi) is 5.18. The molecule has 2 rings (SSSR count). The summed E-state index contributed by atoms with van der Waals surface area (Å²) in [6, 6.07) is 0.353. The average molecular weight is 262 g/mol. The number of nitrogens with zero attached hydrogens (tertiary/aromatic N) is 1. The van der Waals surface area contributed by atoms with Crippen LogP contribution in [0.2, 0.25) is 0 Å². The third kappa shape index (κ3) is 3.73. The van der Waals surface area contributed by atoms with Gasteiger partial charge in [0.25, 0.3) is 0 Å². The van der Waals surface area contributed by atoms with Crippen LogP contribution in [-0.4, -0.2) is 23.5 Å². The molecule has 0 radical (unpaired) electrons. The van der Waals surface area contributed by atoms with Gasteiger partial charge in [-0.05, 0) is 26.3 Å². The van der Waals surface area contributed by atoms with Crippen molar-refractivity contribution in [2.24, 2.45) is 0 Å². The van der Waals surface area contributed by atoms with Crippen LogP contribution in [0.25, 0.3) is 0 Å². The van der Waals surface area contributed by atoms with Crippen LogP contribution >= 0.6 is 23.7 Å². The maximum atomic E-state index is 11.6.